The van der Waals surface area contributed by atoms with Gasteiger partial charge in [0, 0.05) is 34.0 Å². The molecule has 2 aromatic rings. The predicted molar refractivity (Wildman–Crippen MR) is 102 cm³/mol. The van der Waals surface area contributed by atoms with Crippen LogP contribution in [0.3, 0.4) is 0 Å². The van der Waals surface area contributed by atoms with Crippen LogP contribution in [0.2, 0.25) is 0 Å². The quantitative estimate of drug-likeness (QED) is 0.874. The monoisotopic (exact) mass is 367 g/mol. The molecule has 0 unspecified atom stereocenters. The fourth-order valence-electron chi connectivity index (χ4n) is 3.37. The van der Waals surface area contributed by atoms with Crippen molar-refractivity contribution in [3.63, 3.8) is 0 Å². The smallest absolute Gasteiger partial charge is 0.205 e. The lowest BCUT2D eigenvalue weighted by molar-refractivity contribution is 0.251. The Bertz CT molecular complexity index is 915. The zero-order valence-corrected chi connectivity index (χ0v) is 15.4. The molecule has 0 aliphatic carbocycles. The molecular weight excluding hydrogens is 350 g/mol. The Morgan fingerprint density at radius 2 is 2.08 bits per heavy atom. The maximum absolute atomic E-state index is 9.65. The summed E-state index contributed by atoms with van der Waals surface area (Å²) in [4.78, 5) is 4.56. The molecule has 4 heterocycles. The van der Waals surface area contributed by atoms with Gasteiger partial charge in [-0.2, -0.15) is 5.26 Å². The molecule has 0 saturated carbocycles. The van der Waals surface area contributed by atoms with Gasteiger partial charge in [-0.15, -0.1) is 22.7 Å². The van der Waals surface area contributed by atoms with Crippen LogP contribution in [0.1, 0.15) is 15.7 Å². The van der Waals surface area contributed by atoms with E-state index in [2.05, 4.69) is 41.6 Å². The van der Waals surface area contributed by atoms with Crippen LogP contribution in [0.25, 0.3) is 6.08 Å². The first-order chi connectivity index (χ1) is 12.2. The van der Waals surface area contributed by atoms with Gasteiger partial charge in [-0.05, 0) is 36.0 Å². The lowest BCUT2D eigenvalue weighted by Gasteiger charge is -2.36. The standard InChI is InChI=1S/C19H17N3OS2/c1-22-10-12(8-13-4-2-6-24-13)18-15(11-22)17(16-5-3-7-25-16)14(9-20)19(21)23-18/h2-8,17H,10-11,21H2,1H3/b12-8-/t17-/m0/s1. The molecule has 0 amide bonds. The Hall–Kier alpha value is -2.33. The second-order valence-electron chi connectivity index (χ2n) is 6.15. The first-order valence-corrected chi connectivity index (χ1v) is 9.70. The molecular formula is C19H17N3OS2. The molecule has 126 valence electrons. The van der Waals surface area contributed by atoms with E-state index in [0.717, 1.165) is 34.9 Å². The van der Waals surface area contributed by atoms with E-state index in [0.29, 0.717) is 5.57 Å². The lowest BCUT2D eigenvalue weighted by atomic mass is 9.84. The highest BCUT2D eigenvalue weighted by Gasteiger charge is 2.37. The minimum absolute atomic E-state index is 0.122. The highest BCUT2D eigenvalue weighted by Crippen LogP contribution is 2.44. The third kappa shape index (κ3) is 2.91. The number of nitrogens with zero attached hydrogens (tertiary/aromatic N) is 2. The van der Waals surface area contributed by atoms with Crippen LogP contribution in [0.5, 0.6) is 0 Å². The number of hydrogen-bond acceptors (Lipinski definition) is 6. The zero-order chi connectivity index (χ0) is 17.4. The molecule has 0 aromatic carbocycles. The van der Waals surface area contributed by atoms with Crippen molar-refractivity contribution >= 4 is 28.7 Å². The highest BCUT2D eigenvalue weighted by molar-refractivity contribution is 7.10. The van der Waals surface area contributed by atoms with E-state index in [-0.39, 0.29) is 11.8 Å². The van der Waals surface area contributed by atoms with Crippen LogP contribution >= 0.6 is 22.7 Å². The minimum Gasteiger partial charge on any atom is -0.440 e. The van der Waals surface area contributed by atoms with Gasteiger partial charge in [-0.3, -0.25) is 4.90 Å². The van der Waals surface area contributed by atoms with Gasteiger partial charge in [-0.1, -0.05) is 12.1 Å². The molecule has 2 N–H and O–H groups in total. The molecule has 0 saturated heterocycles. The third-order valence-corrected chi connectivity index (χ3v) is 6.14. The number of rotatable bonds is 2. The van der Waals surface area contributed by atoms with Gasteiger partial charge in [0.2, 0.25) is 5.88 Å². The van der Waals surface area contributed by atoms with Gasteiger partial charge in [0.1, 0.15) is 17.4 Å². The van der Waals surface area contributed by atoms with Crippen LogP contribution in [0, 0.1) is 11.3 Å². The maximum atomic E-state index is 9.65. The molecule has 2 aromatic heterocycles. The lowest BCUT2D eigenvalue weighted by Crippen LogP contribution is -2.35. The average molecular weight is 367 g/mol. The van der Waals surface area contributed by atoms with Crippen molar-refractivity contribution in [2.75, 3.05) is 20.1 Å². The van der Waals surface area contributed by atoms with E-state index >= 15 is 0 Å². The number of allylic oxidation sites excluding steroid dienone is 1. The van der Waals surface area contributed by atoms with E-state index in [4.69, 9.17) is 10.5 Å². The second kappa shape index (κ2) is 6.52. The number of thiophene rings is 2. The average Bonchev–Trinajstić information content (AvgIpc) is 3.28. The van der Waals surface area contributed by atoms with Crippen molar-refractivity contribution in [1.82, 2.24) is 4.90 Å². The Labute approximate surface area is 154 Å². The summed E-state index contributed by atoms with van der Waals surface area (Å²) in [6.45, 7) is 1.56. The van der Waals surface area contributed by atoms with Crippen molar-refractivity contribution in [2.45, 2.75) is 5.92 Å². The van der Waals surface area contributed by atoms with Crippen molar-refractivity contribution in [3.8, 4) is 6.07 Å². The molecule has 4 rings (SSSR count). The van der Waals surface area contributed by atoms with Crippen molar-refractivity contribution in [2.24, 2.45) is 5.73 Å². The van der Waals surface area contributed by atoms with Gasteiger partial charge in [0.05, 0.1) is 5.92 Å². The van der Waals surface area contributed by atoms with E-state index in [9.17, 15) is 5.26 Å². The van der Waals surface area contributed by atoms with Crippen LogP contribution in [-0.4, -0.2) is 25.0 Å². The van der Waals surface area contributed by atoms with Crippen LogP contribution in [-0.2, 0) is 4.74 Å². The summed E-state index contributed by atoms with van der Waals surface area (Å²) in [6.07, 6.45) is 2.16. The molecule has 0 radical (unpaired) electrons. The summed E-state index contributed by atoms with van der Waals surface area (Å²) in [7, 11) is 2.09. The van der Waals surface area contributed by atoms with Crippen LogP contribution in [0.4, 0.5) is 0 Å². The molecule has 0 spiro atoms. The summed E-state index contributed by atoms with van der Waals surface area (Å²) in [5, 5.41) is 13.7. The summed E-state index contributed by atoms with van der Waals surface area (Å²) in [5.74, 6) is 0.936. The molecule has 1 atom stereocenters. The fraction of sp³-hybridized carbons (Fsp3) is 0.211. The van der Waals surface area contributed by atoms with Gasteiger partial charge in [0.25, 0.3) is 0 Å². The highest BCUT2D eigenvalue weighted by atomic mass is 32.1. The van der Waals surface area contributed by atoms with Gasteiger partial charge < -0.3 is 10.5 Å². The normalized spacial score (nSPS) is 22.7. The van der Waals surface area contributed by atoms with E-state index < -0.39 is 0 Å². The number of ether oxygens (including phenoxy) is 1. The minimum atomic E-state index is -0.122. The number of likely N-dealkylation sites (N-methyl/N-ethyl adjacent to an activating group) is 1. The summed E-state index contributed by atoms with van der Waals surface area (Å²) < 4.78 is 5.96. The van der Waals surface area contributed by atoms with Crippen molar-refractivity contribution in [1.29, 1.82) is 5.26 Å². The van der Waals surface area contributed by atoms with E-state index in [1.54, 1.807) is 22.7 Å². The third-order valence-electron chi connectivity index (χ3n) is 4.39. The first-order valence-electron chi connectivity index (χ1n) is 7.94. The van der Waals surface area contributed by atoms with Gasteiger partial charge >= 0.3 is 0 Å². The van der Waals surface area contributed by atoms with E-state index in [1.165, 1.54) is 4.88 Å². The van der Waals surface area contributed by atoms with Crippen molar-refractivity contribution < 1.29 is 4.74 Å². The van der Waals surface area contributed by atoms with Gasteiger partial charge in [0.15, 0.2) is 0 Å². The predicted octanol–water partition coefficient (Wildman–Crippen LogP) is 3.90. The van der Waals surface area contributed by atoms with Crippen LogP contribution < -0.4 is 5.73 Å². The number of hydrogen-bond donors (Lipinski definition) is 1. The summed E-state index contributed by atoms with van der Waals surface area (Å²) >= 11 is 3.34. The largest absolute Gasteiger partial charge is 0.440 e. The Morgan fingerprint density at radius 1 is 1.28 bits per heavy atom. The molecule has 0 bridgehead atoms. The first kappa shape index (κ1) is 16.2. The molecule has 4 nitrogen and oxygen atoms in total. The molecule has 2 aliphatic rings. The Balaban J connectivity index is 1.87. The number of nitrogens with two attached hydrogens (primary N) is 1. The van der Waals surface area contributed by atoms with Crippen molar-refractivity contribution in [3.05, 3.63) is 73.1 Å². The number of nitriles is 1. The van der Waals surface area contributed by atoms with Gasteiger partial charge in [-0.25, -0.2) is 0 Å². The molecule has 0 fully saturated rings. The molecule has 6 heteroatoms. The second-order valence-corrected chi connectivity index (χ2v) is 8.11. The Morgan fingerprint density at radius 3 is 2.76 bits per heavy atom. The zero-order valence-electron chi connectivity index (χ0n) is 13.7. The maximum Gasteiger partial charge on any atom is 0.205 e. The topological polar surface area (TPSA) is 62.3 Å². The summed E-state index contributed by atoms with van der Waals surface area (Å²) in [5.41, 5.74) is 8.86. The SMILES string of the molecule is CN1CC2=C(OC(N)=C(C#N)[C@@H]2c2cccs2)/C(=C\c2cccs2)C1. The molecule has 25 heavy (non-hydrogen) atoms. The molecule has 2 aliphatic heterocycles. The van der Waals surface area contributed by atoms with E-state index in [1.807, 2.05) is 17.5 Å². The summed E-state index contributed by atoms with van der Waals surface area (Å²) in [6, 6.07) is 10.5. The van der Waals surface area contributed by atoms with Crippen LogP contribution in [0.15, 0.2) is 63.4 Å². The Kier molecular flexibility index (Phi) is 4.22. The fourth-order valence-corrected chi connectivity index (χ4v) is 4.92.